The molecule has 1 aliphatic carbocycles. The normalized spacial score (nSPS) is 28.0. The van der Waals surface area contributed by atoms with Gasteiger partial charge in [-0.15, -0.1) is 11.8 Å². The summed E-state index contributed by atoms with van der Waals surface area (Å²) in [6, 6.07) is -1.46. The summed E-state index contributed by atoms with van der Waals surface area (Å²) in [4.78, 5) is 36.1. The highest BCUT2D eigenvalue weighted by atomic mass is 32.2. The van der Waals surface area contributed by atoms with Crippen LogP contribution in [0.25, 0.3) is 0 Å². The van der Waals surface area contributed by atoms with Gasteiger partial charge in [0, 0.05) is 12.7 Å². The number of thioether (sulfide) groups is 1. The number of rotatable bonds is 4. The van der Waals surface area contributed by atoms with E-state index < -0.39 is 18.1 Å². The van der Waals surface area contributed by atoms with Gasteiger partial charge >= 0.3 is 5.97 Å². The van der Waals surface area contributed by atoms with Crippen molar-refractivity contribution < 1.29 is 19.5 Å². The lowest BCUT2D eigenvalue weighted by Gasteiger charge is -2.30. The van der Waals surface area contributed by atoms with Crippen LogP contribution in [0.2, 0.25) is 0 Å². The van der Waals surface area contributed by atoms with Gasteiger partial charge in [-0.25, -0.2) is 4.79 Å². The van der Waals surface area contributed by atoms with E-state index in [-0.39, 0.29) is 17.2 Å². The van der Waals surface area contributed by atoms with E-state index in [2.05, 4.69) is 5.32 Å². The third kappa shape index (κ3) is 3.02. The number of amides is 2. The summed E-state index contributed by atoms with van der Waals surface area (Å²) >= 11 is 1.53. The van der Waals surface area contributed by atoms with Crippen molar-refractivity contribution in [1.82, 2.24) is 10.2 Å². The second-order valence-electron chi connectivity index (χ2n) is 5.08. The Labute approximate surface area is 115 Å². The van der Waals surface area contributed by atoms with E-state index in [1.165, 1.54) is 23.6 Å². The average Bonchev–Trinajstić information content (AvgIpc) is 3.05. The largest absolute Gasteiger partial charge is 0.480 e. The minimum Gasteiger partial charge on any atom is -0.480 e. The number of carbonyl (C=O) groups excluding carboxylic acids is 2. The minimum atomic E-state index is -0.973. The van der Waals surface area contributed by atoms with Crippen molar-refractivity contribution in [3.63, 3.8) is 0 Å². The van der Waals surface area contributed by atoms with E-state index in [0.29, 0.717) is 11.7 Å². The van der Waals surface area contributed by atoms with E-state index in [1.807, 2.05) is 0 Å². The van der Waals surface area contributed by atoms with E-state index in [4.69, 9.17) is 0 Å². The smallest absolute Gasteiger partial charge is 0.327 e. The Kier molecular flexibility index (Phi) is 4.03. The highest BCUT2D eigenvalue weighted by Crippen LogP contribution is 2.45. The fraction of sp³-hybridized carbons (Fsp3) is 0.750. The van der Waals surface area contributed by atoms with Gasteiger partial charge in [-0.05, 0) is 25.7 Å². The summed E-state index contributed by atoms with van der Waals surface area (Å²) in [6.45, 7) is 2.94. The van der Waals surface area contributed by atoms with Crippen LogP contribution in [0.5, 0.6) is 0 Å². The van der Waals surface area contributed by atoms with Crippen LogP contribution >= 0.6 is 11.8 Å². The van der Waals surface area contributed by atoms with Crippen molar-refractivity contribution in [3.8, 4) is 0 Å². The Morgan fingerprint density at radius 1 is 1.37 bits per heavy atom. The Morgan fingerprint density at radius 2 is 2.00 bits per heavy atom. The van der Waals surface area contributed by atoms with E-state index in [9.17, 15) is 19.5 Å². The van der Waals surface area contributed by atoms with Crippen LogP contribution in [-0.2, 0) is 14.4 Å². The molecule has 7 heteroatoms. The predicted molar refractivity (Wildman–Crippen MR) is 70.5 cm³/mol. The Morgan fingerprint density at radius 3 is 2.47 bits per heavy atom. The maximum Gasteiger partial charge on any atom is 0.327 e. The van der Waals surface area contributed by atoms with Crippen LogP contribution < -0.4 is 5.32 Å². The first kappa shape index (κ1) is 14.2. The summed E-state index contributed by atoms with van der Waals surface area (Å²) in [5.41, 5.74) is 0. The van der Waals surface area contributed by atoms with Crippen LogP contribution in [0.1, 0.15) is 26.7 Å². The molecular formula is C12H18N2O4S. The van der Waals surface area contributed by atoms with Crippen LogP contribution in [0.15, 0.2) is 0 Å². The topological polar surface area (TPSA) is 86.7 Å². The van der Waals surface area contributed by atoms with Crippen LogP contribution in [0.3, 0.4) is 0 Å². The lowest BCUT2D eigenvalue weighted by molar-refractivity contribution is -0.150. The summed E-state index contributed by atoms with van der Waals surface area (Å²) in [5, 5.41) is 11.7. The SMILES string of the molecule is CC(=O)NC(C)C(=O)N1C(C(=O)O)CSC1C1CC1. The summed E-state index contributed by atoms with van der Waals surface area (Å²) in [7, 11) is 0. The molecule has 1 saturated heterocycles. The average molecular weight is 286 g/mol. The molecule has 106 valence electrons. The first-order chi connectivity index (χ1) is 8.91. The first-order valence-electron chi connectivity index (χ1n) is 6.35. The molecule has 1 heterocycles. The van der Waals surface area contributed by atoms with Crippen LogP contribution in [0.4, 0.5) is 0 Å². The highest BCUT2D eigenvalue weighted by Gasteiger charge is 2.48. The predicted octanol–water partition coefficient (Wildman–Crippen LogP) is 0.276. The van der Waals surface area contributed by atoms with Gasteiger partial charge < -0.3 is 15.3 Å². The number of carboxylic acid groups (broad SMARTS) is 1. The van der Waals surface area contributed by atoms with Crippen LogP contribution in [-0.4, -0.2) is 51.0 Å². The van der Waals surface area contributed by atoms with Crippen molar-refractivity contribution in [2.75, 3.05) is 5.75 Å². The first-order valence-corrected chi connectivity index (χ1v) is 7.40. The van der Waals surface area contributed by atoms with Crippen molar-refractivity contribution in [2.24, 2.45) is 5.92 Å². The molecule has 0 bridgehead atoms. The summed E-state index contributed by atoms with van der Waals surface area (Å²) in [5.74, 6) is -0.733. The second kappa shape index (κ2) is 5.40. The Balaban J connectivity index is 2.13. The molecule has 2 amide bonds. The van der Waals surface area contributed by atoms with Crippen molar-refractivity contribution >= 4 is 29.5 Å². The zero-order chi connectivity index (χ0) is 14.2. The molecule has 2 aliphatic rings. The molecule has 0 aromatic carbocycles. The molecular weight excluding hydrogens is 268 g/mol. The standard InChI is InChI=1S/C12H18N2O4S/c1-6(13-7(2)15)10(16)14-9(12(17)18)5-19-11(14)8-3-4-8/h6,8-9,11H,3-5H2,1-2H3,(H,13,15)(H,17,18). The molecule has 2 N–H and O–H groups in total. The molecule has 0 spiro atoms. The number of carboxylic acids is 1. The Hall–Kier alpha value is -1.24. The van der Waals surface area contributed by atoms with Crippen molar-refractivity contribution in [3.05, 3.63) is 0 Å². The molecule has 1 aliphatic heterocycles. The maximum absolute atomic E-state index is 12.4. The molecule has 0 radical (unpaired) electrons. The minimum absolute atomic E-state index is 0.0511. The fourth-order valence-corrected chi connectivity index (χ4v) is 3.97. The number of nitrogens with zero attached hydrogens (tertiary/aromatic N) is 1. The molecule has 19 heavy (non-hydrogen) atoms. The van der Waals surface area contributed by atoms with E-state index in [0.717, 1.165) is 12.8 Å². The molecule has 1 saturated carbocycles. The molecule has 0 aromatic heterocycles. The number of hydrogen-bond donors (Lipinski definition) is 2. The monoisotopic (exact) mass is 286 g/mol. The van der Waals surface area contributed by atoms with Gasteiger partial charge in [0.05, 0.1) is 5.37 Å². The Bertz CT molecular complexity index is 411. The van der Waals surface area contributed by atoms with Gasteiger partial charge in [-0.1, -0.05) is 0 Å². The number of hydrogen-bond acceptors (Lipinski definition) is 4. The third-order valence-electron chi connectivity index (χ3n) is 3.39. The fourth-order valence-electron chi connectivity index (χ4n) is 2.33. The molecule has 0 aromatic rings. The summed E-state index contributed by atoms with van der Waals surface area (Å²) < 4.78 is 0. The maximum atomic E-state index is 12.4. The molecule has 6 nitrogen and oxygen atoms in total. The van der Waals surface area contributed by atoms with Crippen molar-refractivity contribution in [2.45, 2.75) is 44.1 Å². The lowest BCUT2D eigenvalue weighted by atomic mass is 10.2. The highest BCUT2D eigenvalue weighted by molar-refractivity contribution is 8.00. The van der Waals surface area contributed by atoms with E-state index >= 15 is 0 Å². The number of nitrogens with one attached hydrogen (secondary N) is 1. The zero-order valence-electron chi connectivity index (χ0n) is 11.0. The number of aliphatic carboxylic acids is 1. The molecule has 3 atom stereocenters. The van der Waals surface area contributed by atoms with Crippen molar-refractivity contribution in [1.29, 1.82) is 0 Å². The quantitative estimate of drug-likeness (QED) is 0.775. The van der Waals surface area contributed by atoms with Gasteiger partial charge in [-0.3, -0.25) is 9.59 Å². The van der Waals surface area contributed by atoms with Crippen LogP contribution in [0, 0.1) is 5.92 Å². The zero-order valence-corrected chi connectivity index (χ0v) is 11.8. The van der Waals surface area contributed by atoms with E-state index in [1.54, 1.807) is 6.92 Å². The third-order valence-corrected chi connectivity index (χ3v) is 4.85. The summed E-state index contributed by atoms with van der Waals surface area (Å²) in [6.07, 6.45) is 2.09. The lowest BCUT2D eigenvalue weighted by Crippen LogP contribution is -2.53. The molecule has 3 unspecified atom stereocenters. The molecule has 2 fully saturated rings. The second-order valence-corrected chi connectivity index (χ2v) is 6.23. The van der Waals surface area contributed by atoms with Gasteiger partial charge in [0.1, 0.15) is 12.1 Å². The van der Waals surface area contributed by atoms with Gasteiger partial charge in [0.25, 0.3) is 0 Å². The molecule has 2 rings (SSSR count). The van der Waals surface area contributed by atoms with Gasteiger partial charge in [0.2, 0.25) is 11.8 Å². The number of carbonyl (C=O) groups is 3. The van der Waals surface area contributed by atoms with Gasteiger partial charge in [-0.2, -0.15) is 0 Å². The van der Waals surface area contributed by atoms with Gasteiger partial charge in [0.15, 0.2) is 0 Å².